The molecule has 1 fully saturated rings. The molecule has 1 N–H and O–H groups in total. The number of hydrogen-bond acceptors (Lipinski definition) is 3. The Morgan fingerprint density at radius 1 is 1.30 bits per heavy atom. The number of benzene rings is 2. The van der Waals surface area contributed by atoms with Crippen LogP contribution in [0.15, 0.2) is 42.5 Å². The second kappa shape index (κ2) is 5.73. The maximum absolute atomic E-state index is 6.19. The minimum Gasteiger partial charge on any atom is -0.491 e. The van der Waals surface area contributed by atoms with E-state index in [0.29, 0.717) is 12.5 Å². The standard InChI is InChI=1S/C19H20ClNO2/c1-19-12-23-18-7-6-14(10-15(18)16(19)8-9-21-19)22-11-13-4-2-3-5-17(13)20/h2-7,10,16,21H,8-9,11-12H2,1H3/t16-,19+/m0/s1. The molecule has 4 rings (SSSR count). The summed E-state index contributed by atoms with van der Waals surface area (Å²) in [5.74, 6) is 2.33. The van der Waals surface area contributed by atoms with Crippen molar-refractivity contribution in [1.82, 2.24) is 5.32 Å². The van der Waals surface area contributed by atoms with Gasteiger partial charge in [0.15, 0.2) is 0 Å². The second-order valence-electron chi connectivity index (χ2n) is 6.55. The van der Waals surface area contributed by atoms with Crippen molar-refractivity contribution < 1.29 is 9.47 Å². The van der Waals surface area contributed by atoms with Crippen molar-refractivity contribution in [1.29, 1.82) is 0 Å². The first kappa shape index (κ1) is 14.9. The van der Waals surface area contributed by atoms with E-state index >= 15 is 0 Å². The first-order valence-electron chi connectivity index (χ1n) is 8.04. The van der Waals surface area contributed by atoms with Gasteiger partial charge in [-0.3, -0.25) is 0 Å². The average Bonchev–Trinajstić information content (AvgIpc) is 2.96. The van der Waals surface area contributed by atoms with E-state index in [0.717, 1.165) is 41.7 Å². The van der Waals surface area contributed by atoms with Crippen molar-refractivity contribution >= 4 is 11.6 Å². The monoisotopic (exact) mass is 329 g/mol. The summed E-state index contributed by atoms with van der Waals surface area (Å²) in [6.07, 6.45) is 1.14. The zero-order chi connectivity index (χ0) is 15.9. The van der Waals surface area contributed by atoms with Crippen LogP contribution in [0.2, 0.25) is 5.02 Å². The van der Waals surface area contributed by atoms with Gasteiger partial charge in [-0.1, -0.05) is 29.8 Å². The molecule has 2 heterocycles. The molecule has 23 heavy (non-hydrogen) atoms. The zero-order valence-corrected chi connectivity index (χ0v) is 13.9. The highest BCUT2D eigenvalue weighted by atomic mass is 35.5. The lowest BCUT2D eigenvalue weighted by Crippen LogP contribution is -2.48. The van der Waals surface area contributed by atoms with Crippen molar-refractivity contribution in [2.75, 3.05) is 13.2 Å². The van der Waals surface area contributed by atoms with Gasteiger partial charge in [-0.15, -0.1) is 0 Å². The molecule has 1 saturated heterocycles. The fraction of sp³-hybridized carbons (Fsp3) is 0.368. The van der Waals surface area contributed by atoms with Gasteiger partial charge in [0.05, 0.1) is 5.54 Å². The highest BCUT2D eigenvalue weighted by molar-refractivity contribution is 6.31. The van der Waals surface area contributed by atoms with Crippen LogP contribution in [0.3, 0.4) is 0 Å². The molecule has 0 spiro atoms. The molecular weight excluding hydrogens is 310 g/mol. The van der Waals surface area contributed by atoms with Gasteiger partial charge in [0.2, 0.25) is 0 Å². The van der Waals surface area contributed by atoms with E-state index in [-0.39, 0.29) is 5.54 Å². The van der Waals surface area contributed by atoms with Crippen LogP contribution in [0.4, 0.5) is 0 Å². The third kappa shape index (κ3) is 2.68. The molecular formula is C19H20ClNO2. The van der Waals surface area contributed by atoms with E-state index in [1.54, 1.807) is 0 Å². The Kier molecular flexibility index (Phi) is 3.70. The molecule has 2 atom stereocenters. The van der Waals surface area contributed by atoms with E-state index in [1.165, 1.54) is 5.56 Å². The Morgan fingerprint density at radius 2 is 2.17 bits per heavy atom. The highest BCUT2D eigenvalue weighted by Gasteiger charge is 2.44. The molecule has 0 aromatic heterocycles. The van der Waals surface area contributed by atoms with Crippen LogP contribution in [0.5, 0.6) is 11.5 Å². The zero-order valence-electron chi connectivity index (χ0n) is 13.1. The molecule has 0 unspecified atom stereocenters. The number of rotatable bonds is 3. The molecule has 0 aliphatic carbocycles. The molecule has 120 valence electrons. The van der Waals surface area contributed by atoms with E-state index in [4.69, 9.17) is 21.1 Å². The number of fused-ring (bicyclic) bond motifs is 3. The average molecular weight is 330 g/mol. The fourth-order valence-corrected chi connectivity index (χ4v) is 3.81. The summed E-state index contributed by atoms with van der Waals surface area (Å²) in [6, 6.07) is 13.9. The minimum atomic E-state index is 0.0361. The largest absolute Gasteiger partial charge is 0.491 e. The van der Waals surface area contributed by atoms with Gasteiger partial charge >= 0.3 is 0 Å². The van der Waals surface area contributed by atoms with Crippen molar-refractivity contribution in [3.8, 4) is 11.5 Å². The number of hydrogen-bond donors (Lipinski definition) is 1. The summed E-state index contributed by atoms with van der Waals surface area (Å²) in [5, 5.41) is 4.31. The summed E-state index contributed by atoms with van der Waals surface area (Å²) in [4.78, 5) is 0. The van der Waals surface area contributed by atoms with Crippen molar-refractivity contribution in [3.63, 3.8) is 0 Å². The predicted octanol–water partition coefficient (Wildman–Crippen LogP) is 4.15. The Balaban J connectivity index is 1.57. The van der Waals surface area contributed by atoms with Gasteiger partial charge < -0.3 is 14.8 Å². The lowest BCUT2D eigenvalue weighted by Gasteiger charge is -2.37. The SMILES string of the molecule is C[C@@]12COc3ccc(OCc4ccccc4Cl)cc3[C@@H]1CCN2. The number of halogens is 1. The Hall–Kier alpha value is -1.71. The van der Waals surface area contributed by atoms with Crippen molar-refractivity contribution in [3.05, 3.63) is 58.6 Å². The molecule has 2 aromatic carbocycles. The van der Waals surface area contributed by atoms with Crippen LogP contribution in [0, 0.1) is 0 Å². The van der Waals surface area contributed by atoms with E-state index < -0.39 is 0 Å². The molecule has 2 aliphatic rings. The minimum absolute atomic E-state index is 0.0361. The van der Waals surface area contributed by atoms with Gasteiger partial charge in [0.25, 0.3) is 0 Å². The topological polar surface area (TPSA) is 30.5 Å². The van der Waals surface area contributed by atoms with Crippen LogP contribution in [0.1, 0.15) is 30.4 Å². The first-order chi connectivity index (χ1) is 11.2. The molecule has 3 nitrogen and oxygen atoms in total. The maximum atomic E-state index is 6.19. The lowest BCUT2D eigenvalue weighted by molar-refractivity contribution is 0.170. The Bertz CT molecular complexity index is 733. The third-order valence-electron chi connectivity index (χ3n) is 4.97. The van der Waals surface area contributed by atoms with Crippen LogP contribution >= 0.6 is 11.6 Å². The van der Waals surface area contributed by atoms with E-state index in [1.807, 2.05) is 36.4 Å². The smallest absolute Gasteiger partial charge is 0.123 e. The quantitative estimate of drug-likeness (QED) is 0.917. The van der Waals surface area contributed by atoms with Gasteiger partial charge in [0, 0.05) is 22.1 Å². The Labute approximate surface area is 141 Å². The van der Waals surface area contributed by atoms with Crippen LogP contribution in [-0.4, -0.2) is 18.7 Å². The van der Waals surface area contributed by atoms with Crippen LogP contribution < -0.4 is 14.8 Å². The van der Waals surface area contributed by atoms with Crippen LogP contribution in [0.25, 0.3) is 0 Å². The third-order valence-corrected chi connectivity index (χ3v) is 5.34. The number of nitrogens with one attached hydrogen (secondary N) is 1. The molecule has 0 bridgehead atoms. The number of ether oxygens (including phenoxy) is 2. The molecule has 2 aliphatic heterocycles. The molecule has 0 amide bonds. The van der Waals surface area contributed by atoms with Crippen molar-refractivity contribution in [2.45, 2.75) is 31.4 Å². The summed E-state index contributed by atoms with van der Waals surface area (Å²) < 4.78 is 11.9. The summed E-state index contributed by atoms with van der Waals surface area (Å²) >= 11 is 6.19. The van der Waals surface area contributed by atoms with Crippen molar-refractivity contribution in [2.24, 2.45) is 0 Å². The summed E-state index contributed by atoms with van der Waals surface area (Å²) in [5.41, 5.74) is 2.28. The van der Waals surface area contributed by atoms with Gasteiger partial charge in [-0.25, -0.2) is 0 Å². The fourth-order valence-electron chi connectivity index (χ4n) is 3.62. The highest BCUT2D eigenvalue weighted by Crippen LogP contribution is 2.45. The van der Waals surface area contributed by atoms with Gasteiger partial charge in [-0.2, -0.15) is 0 Å². The van der Waals surface area contributed by atoms with E-state index in [2.05, 4.69) is 18.3 Å². The second-order valence-corrected chi connectivity index (χ2v) is 6.96. The van der Waals surface area contributed by atoms with Crippen LogP contribution in [-0.2, 0) is 6.61 Å². The van der Waals surface area contributed by atoms with Gasteiger partial charge in [-0.05, 0) is 44.2 Å². The first-order valence-corrected chi connectivity index (χ1v) is 8.41. The van der Waals surface area contributed by atoms with Gasteiger partial charge in [0.1, 0.15) is 24.7 Å². The summed E-state index contributed by atoms with van der Waals surface area (Å²) in [7, 11) is 0. The molecule has 0 radical (unpaired) electrons. The Morgan fingerprint density at radius 3 is 3.04 bits per heavy atom. The molecule has 0 saturated carbocycles. The molecule has 4 heteroatoms. The lowest BCUT2D eigenvalue weighted by atomic mass is 9.80. The predicted molar refractivity (Wildman–Crippen MR) is 91.5 cm³/mol. The maximum Gasteiger partial charge on any atom is 0.123 e. The molecule has 2 aromatic rings. The van der Waals surface area contributed by atoms with E-state index in [9.17, 15) is 0 Å². The summed E-state index contributed by atoms with van der Waals surface area (Å²) in [6.45, 7) is 4.48. The normalized spacial score (nSPS) is 25.4.